The zero-order valence-electron chi connectivity index (χ0n) is 12.1. The lowest BCUT2D eigenvalue weighted by Gasteiger charge is -2.18. The maximum atomic E-state index is 5.46. The van der Waals surface area contributed by atoms with Crippen molar-refractivity contribution in [3.8, 4) is 0 Å². The highest BCUT2D eigenvalue weighted by Crippen LogP contribution is 2.24. The van der Waals surface area contributed by atoms with Crippen molar-refractivity contribution in [1.82, 2.24) is 14.5 Å². The van der Waals surface area contributed by atoms with Crippen LogP contribution in [0.5, 0.6) is 0 Å². The van der Waals surface area contributed by atoms with Crippen molar-refractivity contribution in [3.63, 3.8) is 0 Å². The molecule has 0 aliphatic rings. The zero-order chi connectivity index (χ0) is 14.2. The molecule has 0 radical (unpaired) electrons. The maximum Gasteiger partial charge on any atom is 0.160 e. The van der Waals surface area contributed by atoms with Crippen molar-refractivity contribution in [2.24, 2.45) is 5.41 Å². The molecule has 104 valence electrons. The molecule has 0 bridgehead atoms. The van der Waals surface area contributed by atoms with Crippen LogP contribution < -0.4 is 0 Å². The summed E-state index contributed by atoms with van der Waals surface area (Å²) in [6, 6.07) is 7.82. The number of imidazole rings is 1. The monoisotopic (exact) mass is 269 g/mol. The van der Waals surface area contributed by atoms with Gasteiger partial charge in [-0.1, -0.05) is 20.8 Å². The lowest BCUT2D eigenvalue weighted by atomic mass is 9.92. The summed E-state index contributed by atoms with van der Waals surface area (Å²) in [4.78, 5) is 9.21. The molecular formula is C16H19N3O. The first kappa shape index (κ1) is 12.9. The van der Waals surface area contributed by atoms with Gasteiger partial charge in [-0.3, -0.25) is 0 Å². The van der Waals surface area contributed by atoms with Gasteiger partial charge in [-0.2, -0.15) is 0 Å². The summed E-state index contributed by atoms with van der Waals surface area (Å²) in [6.07, 6.45) is 4.42. The Balaban J connectivity index is 2.08. The third-order valence-electron chi connectivity index (χ3n) is 3.17. The first-order valence-corrected chi connectivity index (χ1v) is 6.85. The van der Waals surface area contributed by atoms with E-state index in [9.17, 15) is 0 Å². The Morgan fingerprint density at radius 2 is 2.05 bits per heavy atom. The molecule has 0 spiro atoms. The van der Waals surface area contributed by atoms with Crippen LogP contribution in [-0.2, 0) is 13.0 Å². The van der Waals surface area contributed by atoms with E-state index in [4.69, 9.17) is 9.40 Å². The van der Waals surface area contributed by atoms with E-state index in [2.05, 4.69) is 30.3 Å². The predicted octanol–water partition coefficient (Wildman–Crippen LogP) is 3.66. The molecule has 4 nitrogen and oxygen atoms in total. The molecule has 0 saturated heterocycles. The van der Waals surface area contributed by atoms with E-state index in [1.807, 2.05) is 30.5 Å². The van der Waals surface area contributed by atoms with Crippen LogP contribution >= 0.6 is 0 Å². The van der Waals surface area contributed by atoms with E-state index in [0.717, 1.165) is 29.2 Å². The summed E-state index contributed by atoms with van der Waals surface area (Å²) >= 11 is 0. The Hall–Kier alpha value is -2.10. The smallest absolute Gasteiger partial charge is 0.160 e. The SMILES string of the molecule is CC(C)(C)Cc1nc2cccnc2n1Cc1ccco1. The highest BCUT2D eigenvalue weighted by atomic mass is 16.3. The summed E-state index contributed by atoms with van der Waals surface area (Å²) in [6.45, 7) is 7.33. The van der Waals surface area contributed by atoms with E-state index in [1.54, 1.807) is 6.26 Å². The molecule has 0 N–H and O–H groups in total. The van der Waals surface area contributed by atoms with Gasteiger partial charge in [-0.15, -0.1) is 0 Å². The van der Waals surface area contributed by atoms with Gasteiger partial charge >= 0.3 is 0 Å². The molecule has 0 aromatic carbocycles. The standard InChI is InChI=1S/C16H19N3O/c1-16(2,3)10-14-18-13-7-4-8-17-15(13)19(14)11-12-6-5-9-20-12/h4-9H,10-11H2,1-3H3. The fraction of sp³-hybridized carbons (Fsp3) is 0.375. The quantitative estimate of drug-likeness (QED) is 0.728. The summed E-state index contributed by atoms with van der Waals surface area (Å²) in [5.41, 5.74) is 2.05. The number of hydrogen-bond donors (Lipinski definition) is 0. The Labute approximate surface area is 118 Å². The molecular weight excluding hydrogens is 250 g/mol. The molecule has 20 heavy (non-hydrogen) atoms. The minimum Gasteiger partial charge on any atom is -0.467 e. The van der Waals surface area contributed by atoms with Gasteiger partial charge in [0.05, 0.1) is 12.8 Å². The van der Waals surface area contributed by atoms with Crippen molar-refractivity contribution < 1.29 is 4.42 Å². The van der Waals surface area contributed by atoms with E-state index >= 15 is 0 Å². The molecule has 3 rings (SSSR count). The molecule has 0 saturated carbocycles. The zero-order valence-corrected chi connectivity index (χ0v) is 12.1. The van der Waals surface area contributed by atoms with Gasteiger partial charge in [0.15, 0.2) is 5.65 Å². The molecule has 3 heterocycles. The van der Waals surface area contributed by atoms with Crippen LogP contribution in [0.15, 0.2) is 41.1 Å². The van der Waals surface area contributed by atoms with Crippen LogP contribution in [0.4, 0.5) is 0 Å². The highest BCUT2D eigenvalue weighted by molar-refractivity contribution is 5.71. The molecule has 0 fully saturated rings. The van der Waals surface area contributed by atoms with Crippen molar-refractivity contribution in [3.05, 3.63) is 48.3 Å². The number of aromatic nitrogens is 3. The average Bonchev–Trinajstić information content (AvgIpc) is 2.97. The number of hydrogen-bond acceptors (Lipinski definition) is 3. The second-order valence-electron chi connectivity index (χ2n) is 6.28. The fourth-order valence-electron chi connectivity index (χ4n) is 2.34. The first-order valence-electron chi connectivity index (χ1n) is 6.85. The van der Waals surface area contributed by atoms with Gasteiger partial charge in [0.1, 0.15) is 17.1 Å². The minimum absolute atomic E-state index is 0.183. The largest absolute Gasteiger partial charge is 0.467 e. The Morgan fingerprint density at radius 1 is 1.20 bits per heavy atom. The molecule has 3 aromatic heterocycles. The van der Waals surface area contributed by atoms with Gasteiger partial charge in [0.25, 0.3) is 0 Å². The first-order chi connectivity index (χ1) is 9.53. The van der Waals surface area contributed by atoms with Crippen molar-refractivity contribution >= 4 is 11.2 Å². The van der Waals surface area contributed by atoms with Crippen molar-refractivity contribution in [2.75, 3.05) is 0 Å². The average molecular weight is 269 g/mol. The second kappa shape index (κ2) is 4.78. The number of furan rings is 1. The van der Waals surface area contributed by atoms with Gasteiger partial charge in [0, 0.05) is 12.6 Å². The normalized spacial score (nSPS) is 12.2. The van der Waals surface area contributed by atoms with Crippen LogP contribution in [-0.4, -0.2) is 14.5 Å². The van der Waals surface area contributed by atoms with Crippen molar-refractivity contribution in [2.45, 2.75) is 33.7 Å². The predicted molar refractivity (Wildman–Crippen MR) is 78.5 cm³/mol. The lowest BCUT2D eigenvalue weighted by molar-refractivity contribution is 0.391. The molecule has 0 aliphatic heterocycles. The minimum atomic E-state index is 0.183. The lowest BCUT2D eigenvalue weighted by Crippen LogP contribution is -2.15. The van der Waals surface area contributed by atoms with Crippen LogP contribution in [0.3, 0.4) is 0 Å². The summed E-state index contributed by atoms with van der Waals surface area (Å²) in [5.74, 6) is 1.98. The number of nitrogens with zero attached hydrogens (tertiary/aromatic N) is 3. The van der Waals surface area contributed by atoms with Crippen LogP contribution in [0.25, 0.3) is 11.2 Å². The highest BCUT2D eigenvalue weighted by Gasteiger charge is 2.19. The van der Waals surface area contributed by atoms with Crippen LogP contribution in [0.2, 0.25) is 0 Å². The second-order valence-corrected chi connectivity index (χ2v) is 6.28. The summed E-state index contributed by atoms with van der Waals surface area (Å²) in [5, 5.41) is 0. The topological polar surface area (TPSA) is 43.9 Å². The molecule has 0 atom stereocenters. The molecule has 0 unspecified atom stereocenters. The van der Waals surface area contributed by atoms with E-state index in [0.29, 0.717) is 6.54 Å². The fourth-order valence-corrected chi connectivity index (χ4v) is 2.34. The van der Waals surface area contributed by atoms with Crippen molar-refractivity contribution in [1.29, 1.82) is 0 Å². The maximum absolute atomic E-state index is 5.46. The van der Waals surface area contributed by atoms with Gasteiger partial charge < -0.3 is 8.98 Å². The van der Waals surface area contributed by atoms with Gasteiger partial charge in [0.2, 0.25) is 0 Å². The van der Waals surface area contributed by atoms with Crippen LogP contribution in [0, 0.1) is 5.41 Å². The Kier molecular flexibility index (Phi) is 3.08. The van der Waals surface area contributed by atoms with Crippen LogP contribution in [0.1, 0.15) is 32.4 Å². The Morgan fingerprint density at radius 3 is 2.75 bits per heavy atom. The van der Waals surface area contributed by atoms with Gasteiger partial charge in [-0.05, 0) is 29.7 Å². The van der Waals surface area contributed by atoms with E-state index < -0.39 is 0 Å². The van der Waals surface area contributed by atoms with E-state index in [1.165, 1.54) is 0 Å². The molecule has 4 heteroatoms. The summed E-state index contributed by atoms with van der Waals surface area (Å²) < 4.78 is 7.62. The van der Waals surface area contributed by atoms with Gasteiger partial charge in [-0.25, -0.2) is 9.97 Å². The third-order valence-corrected chi connectivity index (χ3v) is 3.17. The number of fused-ring (bicyclic) bond motifs is 1. The Bertz CT molecular complexity index is 705. The number of rotatable bonds is 3. The molecule has 0 aliphatic carbocycles. The van der Waals surface area contributed by atoms with E-state index in [-0.39, 0.29) is 5.41 Å². The number of pyridine rings is 1. The third kappa shape index (κ3) is 2.59. The summed E-state index contributed by atoms with van der Waals surface area (Å²) in [7, 11) is 0. The molecule has 0 amide bonds. The molecule has 3 aromatic rings.